The third-order valence-corrected chi connectivity index (χ3v) is 16.1. The van der Waals surface area contributed by atoms with E-state index < -0.39 is 51.2 Å². The number of hydrogen-bond donors (Lipinski definition) is 5. The number of nitrogens with zero attached hydrogens (tertiary/aromatic N) is 7. The molecule has 0 spiro atoms. The SMILES string of the molecule is CCN1CCN(CC(=O)O)CCN(CC(=O)O)CCN(CC(=O)NC(CS(=O)(=O)O)C(=O)NCCOCCOCCOCCOCCOc2cccc(-c3cc4c(cc3OC)OCc3c(C(=O)N5CCOCC5(C)C)nn(-c5cc(Cl)cc(Cl)c5)c3-4)c2)CC1. The summed E-state index contributed by atoms with van der Waals surface area (Å²) in [4.78, 5) is 73.0. The first kappa shape index (κ1) is 70.2. The zero-order valence-corrected chi connectivity index (χ0v) is 53.0. The molecule has 490 valence electrons. The van der Waals surface area contributed by atoms with Crippen molar-refractivity contribution in [3.05, 3.63) is 75.9 Å². The minimum atomic E-state index is -4.70. The third-order valence-electron chi connectivity index (χ3n) is 14.9. The molecule has 3 aliphatic heterocycles. The van der Waals surface area contributed by atoms with E-state index in [0.717, 1.165) is 11.1 Å². The largest absolute Gasteiger partial charge is 0.496 e. The minimum absolute atomic E-state index is 0.0326. The summed E-state index contributed by atoms with van der Waals surface area (Å²) < 4.78 is 81.7. The van der Waals surface area contributed by atoms with Crippen LogP contribution in [0.2, 0.25) is 10.0 Å². The lowest BCUT2D eigenvalue weighted by Gasteiger charge is -2.41. The first-order valence-electron chi connectivity index (χ1n) is 29.3. The van der Waals surface area contributed by atoms with Crippen molar-refractivity contribution in [1.29, 1.82) is 0 Å². The number of rotatable bonds is 31. The molecule has 5 N–H and O–H groups in total. The van der Waals surface area contributed by atoms with Crippen LogP contribution in [0.25, 0.3) is 28.1 Å². The first-order chi connectivity index (χ1) is 42.6. The highest BCUT2D eigenvalue weighted by molar-refractivity contribution is 7.85. The number of morpholine rings is 1. The molecule has 0 saturated carbocycles. The molecule has 2 saturated heterocycles. The summed E-state index contributed by atoms with van der Waals surface area (Å²) in [5, 5.41) is 29.6. The maximum atomic E-state index is 14.4. The lowest BCUT2D eigenvalue weighted by Crippen LogP contribution is -2.55. The maximum Gasteiger partial charge on any atom is 0.317 e. The van der Waals surface area contributed by atoms with E-state index in [1.54, 1.807) is 49.6 Å². The molecule has 89 heavy (non-hydrogen) atoms. The Hall–Kier alpha value is -6.25. The number of carboxylic acids is 2. The number of amides is 3. The van der Waals surface area contributed by atoms with Gasteiger partial charge in [-0.15, -0.1) is 0 Å². The predicted octanol–water partition coefficient (Wildman–Crippen LogP) is 3.01. The molecule has 1 unspecified atom stereocenters. The molecular weight excluding hydrogens is 1230 g/mol. The summed E-state index contributed by atoms with van der Waals surface area (Å²) >= 11 is 13.0. The molecule has 4 aromatic rings. The van der Waals surface area contributed by atoms with Gasteiger partial charge >= 0.3 is 11.9 Å². The predicted molar refractivity (Wildman–Crippen MR) is 328 cm³/mol. The second kappa shape index (κ2) is 34.3. The Morgan fingerprint density at radius 3 is 1.87 bits per heavy atom. The molecule has 0 bridgehead atoms. The van der Waals surface area contributed by atoms with Gasteiger partial charge in [0.05, 0.1) is 110 Å². The maximum absolute atomic E-state index is 14.4. The highest BCUT2D eigenvalue weighted by Crippen LogP contribution is 2.47. The van der Waals surface area contributed by atoms with Crippen LogP contribution in [0.3, 0.4) is 0 Å². The number of fused-ring (bicyclic) bond motifs is 3. The molecular formula is C59H81Cl2N9O18S. The Morgan fingerprint density at radius 1 is 0.730 bits per heavy atom. The fourth-order valence-corrected chi connectivity index (χ4v) is 11.5. The number of aliphatic carboxylic acids is 2. The number of methoxy groups -OCH3 is 1. The van der Waals surface area contributed by atoms with Gasteiger partial charge in [-0.25, -0.2) is 4.68 Å². The molecule has 4 heterocycles. The van der Waals surface area contributed by atoms with Crippen molar-refractivity contribution in [3.8, 4) is 45.3 Å². The monoisotopic (exact) mass is 1310 g/mol. The van der Waals surface area contributed by atoms with E-state index in [2.05, 4.69) is 15.5 Å². The van der Waals surface area contributed by atoms with Gasteiger partial charge in [0, 0.05) is 98.2 Å². The number of carbonyl (C=O) groups excluding carboxylic acids is 3. The summed E-state index contributed by atoms with van der Waals surface area (Å²) in [5.41, 5.74) is 3.74. The van der Waals surface area contributed by atoms with Gasteiger partial charge in [0.25, 0.3) is 16.0 Å². The van der Waals surface area contributed by atoms with Crippen LogP contribution in [0.5, 0.6) is 17.2 Å². The van der Waals surface area contributed by atoms with Crippen molar-refractivity contribution in [2.75, 3.05) is 177 Å². The lowest BCUT2D eigenvalue weighted by molar-refractivity contribution is -0.140. The summed E-state index contributed by atoms with van der Waals surface area (Å²) in [6, 6.07) is 14.8. The van der Waals surface area contributed by atoms with Crippen LogP contribution < -0.4 is 24.8 Å². The van der Waals surface area contributed by atoms with Gasteiger partial charge < -0.3 is 68.5 Å². The summed E-state index contributed by atoms with van der Waals surface area (Å²) in [5.74, 6) is -3.22. The van der Waals surface area contributed by atoms with Crippen LogP contribution in [0.4, 0.5) is 0 Å². The zero-order chi connectivity index (χ0) is 64.1. The molecule has 2 fully saturated rings. The third kappa shape index (κ3) is 21.7. The van der Waals surface area contributed by atoms with Gasteiger partial charge in [-0.05, 0) is 62.4 Å². The van der Waals surface area contributed by atoms with Crippen LogP contribution in [0.15, 0.2) is 54.6 Å². The van der Waals surface area contributed by atoms with Crippen molar-refractivity contribution in [2.24, 2.45) is 0 Å². The number of hydrogen-bond acceptors (Lipinski definition) is 20. The van der Waals surface area contributed by atoms with E-state index in [0.29, 0.717) is 129 Å². The number of carboxylic acid groups (broad SMARTS) is 2. The van der Waals surface area contributed by atoms with E-state index in [9.17, 15) is 47.2 Å². The number of ether oxygens (including phenoxy) is 8. The Bertz CT molecular complexity index is 3140. The van der Waals surface area contributed by atoms with Crippen LogP contribution >= 0.6 is 23.2 Å². The standard InChI is InChI=1S/C59H81Cl2N9O18S/c1-5-65-10-12-66(14-15-68(37-54(74)75)17-16-67(13-11-65)36-53(72)73)35-52(71)63-49(39-89(78,79)80)57(76)62-9-19-82-21-22-83-23-24-84-25-26-85-27-28-87-45-8-6-7-41(29-45)46-33-47-51(34-50(46)81-4)88-38-48-55(58(77)69-18-20-86-40-59(69,2)3)64-70(56(47)48)44-31-42(60)30-43(61)32-44/h6-8,29-34,49H,5,9-28,35-40H2,1-4H3,(H,62,76)(H,63,71)(H,72,73)(H,74,75)(H,78,79,80). The molecule has 3 amide bonds. The van der Waals surface area contributed by atoms with Gasteiger partial charge in [0.2, 0.25) is 11.8 Å². The number of likely N-dealkylation sites (N-methyl/N-ethyl adjacent to an activating group) is 1. The molecule has 1 atom stereocenters. The number of nitrogens with one attached hydrogen (secondary N) is 2. The lowest BCUT2D eigenvalue weighted by atomic mass is 9.95. The zero-order valence-electron chi connectivity index (χ0n) is 50.6. The average molecular weight is 1310 g/mol. The molecule has 3 aliphatic rings. The normalized spacial score (nSPS) is 16.6. The van der Waals surface area contributed by atoms with Gasteiger partial charge in [-0.3, -0.25) is 43.2 Å². The summed E-state index contributed by atoms with van der Waals surface area (Å²) in [7, 11) is -3.12. The topological polar surface area (TPSA) is 312 Å². The van der Waals surface area contributed by atoms with Crippen molar-refractivity contribution in [2.45, 2.75) is 39.0 Å². The Balaban J connectivity index is 0.801. The van der Waals surface area contributed by atoms with E-state index in [-0.39, 0.29) is 104 Å². The summed E-state index contributed by atoms with van der Waals surface area (Å²) in [6.07, 6.45) is 0. The number of halogens is 2. The molecule has 27 nitrogen and oxygen atoms in total. The van der Waals surface area contributed by atoms with Crippen LogP contribution in [-0.2, 0) is 59.6 Å². The Kier molecular flexibility index (Phi) is 27.0. The number of aromatic nitrogens is 2. The smallest absolute Gasteiger partial charge is 0.317 e. The van der Waals surface area contributed by atoms with Crippen LogP contribution in [-0.4, -0.2) is 276 Å². The molecule has 1 aromatic heterocycles. The highest BCUT2D eigenvalue weighted by atomic mass is 35.5. The Morgan fingerprint density at radius 2 is 1.30 bits per heavy atom. The fourth-order valence-electron chi connectivity index (χ4n) is 10.3. The molecule has 3 aromatic carbocycles. The fraction of sp³-hybridized carbons (Fsp3) is 0.559. The van der Waals surface area contributed by atoms with Crippen molar-refractivity contribution >= 4 is 63.0 Å². The van der Waals surface area contributed by atoms with Gasteiger partial charge in [-0.2, -0.15) is 13.5 Å². The van der Waals surface area contributed by atoms with Crippen LogP contribution in [0, 0.1) is 0 Å². The quantitative estimate of drug-likeness (QED) is 0.0357. The summed E-state index contributed by atoms with van der Waals surface area (Å²) in [6.45, 7) is 12.0. The van der Waals surface area contributed by atoms with Gasteiger partial charge in [0.15, 0.2) is 5.69 Å². The first-order valence-corrected chi connectivity index (χ1v) is 31.7. The molecule has 0 aliphatic carbocycles. The molecule has 7 rings (SSSR count). The Labute approximate surface area is 527 Å². The van der Waals surface area contributed by atoms with Crippen molar-refractivity contribution in [1.82, 2.24) is 44.9 Å². The molecule has 30 heteroatoms. The van der Waals surface area contributed by atoms with E-state index in [1.807, 2.05) is 57.2 Å². The van der Waals surface area contributed by atoms with Gasteiger partial charge in [0.1, 0.15) is 42.3 Å². The molecule has 0 radical (unpaired) electrons. The van der Waals surface area contributed by atoms with E-state index in [4.69, 9.17) is 66.2 Å². The van der Waals surface area contributed by atoms with Crippen LogP contribution in [0.1, 0.15) is 36.8 Å². The van der Waals surface area contributed by atoms with E-state index in [1.165, 1.54) is 0 Å². The number of carbonyl (C=O) groups is 5. The second-order valence-corrected chi connectivity index (χ2v) is 24.3. The van der Waals surface area contributed by atoms with Crippen molar-refractivity contribution < 1.29 is 85.1 Å². The minimum Gasteiger partial charge on any atom is -0.496 e. The van der Waals surface area contributed by atoms with Crippen molar-refractivity contribution in [3.63, 3.8) is 0 Å². The number of benzene rings is 3. The average Bonchev–Trinajstić information content (AvgIpc) is 1.65. The van der Waals surface area contributed by atoms with E-state index >= 15 is 0 Å². The highest BCUT2D eigenvalue weighted by Gasteiger charge is 2.40. The second-order valence-electron chi connectivity index (χ2n) is 21.9. The van der Waals surface area contributed by atoms with Gasteiger partial charge in [-0.1, -0.05) is 42.3 Å².